The van der Waals surface area contributed by atoms with Crippen molar-refractivity contribution < 1.29 is 27.4 Å². The normalized spacial score (nSPS) is 18.1. The third-order valence-corrected chi connectivity index (χ3v) is 5.74. The lowest BCUT2D eigenvalue weighted by atomic mass is 9.82. The van der Waals surface area contributed by atoms with Gasteiger partial charge in [0.1, 0.15) is 22.7 Å². The number of piperidine rings is 1. The Labute approximate surface area is 166 Å². The minimum absolute atomic E-state index is 0.389. The summed E-state index contributed by atoms with van der Waals surface area (Å²) < 4.78 is 49.4. The fourth-order valence-corrected chi connectivity index (χ4v) is 4.04. The van der Waals surface area contributed by atoms with Crippen LogP contribution >= 0.6 is 0 Å². The van der Waals surface area contributed by atoms with Crippen LogP contribution in [-0.4, -0.2) is 36.8 Å². The number of nitrogens with zero attached hydrogens (tertiary/aromatic N) is 2. The Morgan fingerprint density at radius 3 is 2.55 bits per heavy atom. The molecule has 2 aliphatic heterocycles. The maximum Gasteiger partial charge on any atom is 0.417 e. The molecule has 2 aliphatic rings. The first kappa shape index (κ1) is 19.5. The van der Waals surface area contributed by atoms with E-state index in [1.165, 1.54) is 13.2 Å². The zero-order chi connectivity index (χ0) is 20.6. The number of aryl methyl sites for hydroxylation is 1. The highest BCUT2D eigenvalue weighted by Gasteiger charge is 2.41. The molecule has 29 heavy (non-hydrogen) atoms. The first-order valence-electron chi connectivity index (χ1n) is 9.49. The van der Waals surface area contributed by atoms with Crippen LogP contribution in [0.15, 0.2) is 36.5 Å². The molecule has 3 heterocycles. The maximum atomic E-state index is 12.7. The molecule has 0 atom stereocenters. The number of pyridine rings is 1. The molecule has 0 unspecified atom stereocenters. The number of rotatable bonds is 2. The molecule has 0 bridgehead atoms. The van der Waals surface area contributed by atoms with Crippen LogP contribution in [0.5, 0.6) is 5.75 Å². The number of aromatic nitrogens is 1. The molecule has 2 aromatic rings. The van der Waals surface area contributed by atoms with Crippen molar-refractivity contribution in [2.75, 3.05) is 25.1 Å². The van der Waals surface area contributed by atoms with Gasteiger partial charge in [-0.3, -0.25) is 0 Å². The van der Waals surface area contributed by atoms with Crippen LogP contribution in [0.2, 0.25) is 0 Å². The predicted octanol–water partition coefficient (Wildman–Crippen LogP) is 4.25. The van der Waals surface area contributed by atoms with Gasteiger partial charge in [-0.25, -0.2) is 9.78 Å². The van der Waals surface area contributed by atoms with Gasteiger partial charge in [0.25, 0.3) is 0 Å². The first-order valence-corrected chi connectivity index (χ1v) is 9.49. The number of anilines is 1. The summed E-state index contributed by atoms with van der Waals surface area (Å²) >= 11 is 0. The van der Waals surface area contributed by atoms with Gasteiger partial charge in [-0.05, 0) is 36.6 Å². The number of methoxy groups -OCH3 is 1. The SMILES string of the molecule is COC(=O)c1cccc2c1OC1(CC2)CCN(c2ccc(C(F)(F)F)cn2)CC1. The van der Waals surface area contributed by atoms with E-state index in [4.69, 9.17) is 9.47 Å². The maximum absolute atomic E-state index is 12.7. The summed E-state index contributed by atoms with van der Waals surface area (Å²) in [5.74, 6) is 0.691. The van der Waals surface area contributed by atoms with Crippen LogP contribution in [0.3, 0.4) is 0 Å². The number of alkyl halides is 3. The zero-order valence-corrected chi connectivity index (χ0v) is 16.0. The van der Waals surface area contributed by atoms with E-state index in [1.807, 2.05) is 17.0 Å². The van der Waals surface area contributed by atoms with Crippen molar-refractivity contribution in [2.24, 2.45) is 0 Å². The Morgan fingerprint density at radius 1 is 1.17 bits per heavy atom. The molecular formula is C21H21F3N2O3. The number of benzene rings is 1. The third-order valence-electron chi connectivity index (χ3n) is 5.74. The van der Waals surface area contributed by atoms with E-state index in [-0.39, 0.29) is 5.60 Å². The topological polar surface area (TPSA) is 51.7 Å². The van der Waals surface area contributed by atoms with Gasteiger partial charge < -0.3 is 14.4 Å². The fraction of sp³-hybridized carbons (Fsp3) is 0.429. The standard InChI is InChI=1S/C21H21F3N2O3/c1-28-19(27)16-4-2-3-14-7-8-20(29-18(14)16)9-11-26(12-10-20)17-6-5-15(13-25-17)21(22,23)24/h2-6,13H,7-12H2,1H3. The lowest BCUT2D eigenvalue weighted by Gasteiger charge is -2.45. The number of halogens is 3. The van der Waals surface area contributed by atoms with Crippen LogP contribution in [0.4, 0.5) is 19.0 Å². The molecule has 0 amide bonds. The van der Waals surface area contributed by atoms with Crippen LogP contribution in [0.25, 0.3) is 0 Å². The second-order valence-corrected chi connectivity index (χ2v) is 7.46. The van der Waals surface area contributed by atoms with E-state index in [0.29, 0.717) is 43.1 Å². The van der Waals surface area contributed by atoms with Gasteiger partial charge in [-0.1, -0.05) is 12.1 Å². The minimum Gasteiger partial charge on any atom is -0.486 e. The van der Waals surface area contributed by atoms with Crippen molar-refractivity contribution in [3.63, 3.8) is 0 Å². The predicted molar refractivity (Wildman–Crippen MR) is 100 cm³/mol. The highest BCUT2D eigenvalue weighted by molar-refractivity contribution is 5.93. The van der Waals surface area contributed by atoms with Crippen molar-refractivity contribution in [3.05, 3.63) is 53.2 Å². The van der Waals surface area contributed by atoms with Gasteiger partial charge in [0, 0.05) is 32.1 Å². The minimum atomic E-state index is -4.39. The third kappa shape index (κ3) is 3.75. The molecule has 1 saturated heterocycles. The van der Waals surface area contributed by atoms with E-state index in [9.17, 15) is 18.0 Å². The molecule has 1 aromatic carbocycles. The van der Waals surface area contributed by atoms with Crippen LogP contribution in [0, 0.1) is 0 Å². The number of esters is 1. The molecule has 5 nitrogen and oxygen atoms in total. The van der Waals surface area contributed by atoms with Gasteiger partial charge in [-0.15, -0.1) is 0 Å². The second kappa shape index (κ2) is 7.24. The van der Waals surface area contributed by atoms with Gasteiger partial charge in [0.05, 0.1) is 12.7 Å². The van der Waals surface area contributed by atoms with Gasteiger partial charge in [0.2, 0.25) is 0 Å². The molecular weight excluding hydrogens is 385 g/mol. The molecule has 1 spiro atoms. The monoisotopic (exact) mass is 406 g/mol. The van der Waals surface area contributed by atoms with E-state index < -0.39 is 17.7 Å². The lowest BCUT2D eigenvalue weighted by molar-refractivity contribution is -0.137. The highest BCUT2D eigenvalue weighted by Crippen LogP contribution is 2.42. The summed E-state index contributed by atoms with van der Waals surface area (Å²) in [7, 11) is 1.34. The number of para-hydroxylation sites is 1. The average molecular weight is 406 g/mol. The summed E-state index contributed by atoms with van der Waals surface area (Å²) in [6.45, 7) is 1.24. The number of fused-ring (bicyclic) bond motifs is 1. The zero-order valence-electron chi connectivity index (χ0n) is 16.0. The van der Waals surface area contributed by atoms with Gasteiger partial charge in [0.15, 0.2) is 0 Å². The van der Waals surface area contributed by atoms with E-state index >= 15 is 0 Å². The molecule has 0 aliphatic carbocycles. The Morgan fingerprint density at radius 2 is 1.93 bits per heavy atom. The molecule has 0 saturated carbocycles. The van der Waals surface area contributed by atoms with Crippen molar-refractivity contribution in [2.45, 2.75) is 37.5 Å². The largest absolute Gasteiger partial charge is 0.486 e. The number of ether oxygens (including phenoxy) is 2. The number of hydrogen-bond acceptors (Lipinski definition) is 5. The van der Waals surface area contributed by atoms with Crippen LogP contribution in [-0.2, 0) is 17.3 Å². The van der Waals surface area contributed by atoms with E-state index in [2.05, 4.69) is 4.98 Å². The average Bonchev–Trinajstić information content (AvgIpc) is 2.73. The Balaban J connectivity index is 1.48. The smallest absolute Gasteiger partial charge is 0.417 e. The quantitative estimate of drug-likeness (QED) is 0.698. The van der Waals surface area contributed by atoms with Crippen LogP contribution < -0.4 is 9.64 Å². The molecule has 4 rings (SSSR count). The molecule has 154 valence electrons. The Kier molecular flexibility index (Phi) is 4.88. The van der Waals surface area contributed by atoms with Crippen molar-refractivity contribution in [1.82, 2.24) is 4.98 Å². The summed E-state index contributed by atoms with van der Waals surface area (Å²) in [5, 5.41) is 0. The molecule has 1 aromatic heterocycles. The van der Waals surface area contributed by atoms with Gasteiger partial charge >= 0.3 is 12.1 Å². The molecule has 8 heteroatoms. The summed E-state index contributed by atoms with van der Waals surface area (Å²) in [5.41, 5.74) is 0.276. The molecule has 0 radical (unpaired) electrons. The van der Waals surface area contributed by atoms with E-state index in [1.54, 1.807) is 6.07 Å². The van der Waals surface area contributed by atoms with Crippen molar-refractivity contribution >= 4 is 11.8 Å². The first-order chi connectivity index (χ1) is 13.8. The van der Waals surface area contributed by atoms with Crippen LogP contribution in [0.1, 0.15) is 40.7 Å². The summed E-state index contributed by atoms with van der Waals surface area (Å²) in [6.07, 6.45) is -0.485. The van der Waals surface area contributed by atoms with Crippen molar-refractivity contribution in [1.29, 1.82) is 0 Å². The van der Waals surface area contributed by atoms with E-state index in [0.717, 1.165) is 30.7 Å². The number of carbonyl (C=O) groups is 1. The second-order valence-electron chi connectivity index (χ2n) is 7.46. The van der Waals surface area contributed by atoms with Gasteiger partial charge in [-0.2, -0.15) is 13.2 Å². The number of carbonyl (C=O) groups excluding carboxylic acids is 1. The fourth-order valence-electron chi connectivity index (χ4n) is 4.04. The summed E-state index contributed by atoms with van der Waals surface area (Å²) in [4.78, 5) is 18.1. The van der Waals surface area contributed by atoms with Crippen molar-refractivity contribution in [3.8, 4) is 5.75 Å². The summed E-state index contributed by atoms with van der Waals surface area (Å²) in [6, 6.07) is 7.95. The molecule has 0 N–H and O–H groups in total. The highest BCUT2D eigenvalue weighted by atomic mass is 19.4. The Hall–Kier alpha value is -2.77. The number of hydrogen-bond donors (Lipinski definition) is 0. The lowest BCUT2D eigenvalue weighted by Crippen LogP contribution is -2.50. The molecule has 1 fully saturated rings. The Bertz CT molecular complexity index is 904.